The Bertz CT molecular complexity index is 1200. The summed E-state index contributed by atoms with van der Waals surface area (Å²) in [4.78, 5) is 26.6. The number of para-hydroxylation sites is 1. The molecule has 29 heavy (non-hydrogen) atoms. The molecule has 0 saturated carbocycles. The van der Waals surface area contributed by atoms with Gasteiger partial charge in [0.2, 0.25) is 5.88 Å². The SMILES string of the molecule is O=C(N/N=C/c1c(O)n(Cc2ccc(F)cc2)c(=S)[nH]c1=O)c1ccccc1O. The molecule has 0 spiro atoms. The fourth-order valence-corrected chi connectivity index (χ4v) is 2.74. The molecule has 1 aromatic heterocycles. The summed E-state index contributed by atoms with van der Waals surface area (Å²) in [5.41, 5.74) is 1.85. The fourth-order valence-electron chi connectivity index (χ4n) is 2.49. The van der Waals surface area contributed by atoms with Crippen LogP contribution in [0, 0.1) is 10.6 Å². The molecule has 1 heterocycles. The van der Waals surface area contributed by atoms with Gasteiger partial charge in [-0.3, -0.25) is 19.1 Å². The molecule has 3 aromatic rings. The van der Waals surface area contributed by atoms with Gasteiger partial charge in [0.25, 0.3) is 11.5 Å². The van der Waals surface area contributed by atoms with Gasteiger partial charge in [-0.05, 0) is 42.0 Å². The van der Waals surface area contributed by atoms with Crippen molar-refractivity contribution in [1.82, 2.24) is 15.0 Å². The number of hydrogen-bond donors (Lipinski definition) is 4. The minimum absolute atomic E-state index is 0.00457. The second-order valence-corrected chi connectivity index (χ2v) is 6.31. The van der Waals surface area contributed by atoms with Crippen LogP contribution >= 0.6 is 12.2 Å². The highest BCUT2D eigenvalue weighted by Crippen LogP contribution is 2.16. The summed E-state index contributed by atoms with van der Waals surface area (Å²) in [7, 11) is 0. The number of H-pyrrole nitrogens is 1. The molecule has 8 nitrogen and oxygen atoms in total. The maximum Gasteiger partial charge on any atom is 0.275 e. The van der Waals surface area contributed by atoms with Crippen LogP contribution < -0.4 is 11.0 Å². The Labute approximate surface area is 168 Å². The van der Waals surface area contributed by atoms with Crippen LogP contribution in [0.4, 0.5) is 4.39 Å². The zero-order valence-corrected chi connectivity index (χ0v) is 15.6. The van der Waals surface area contributed by atoms with Gasteiger partial charge in [0.15, 0.2) is 4.77 Å². The van der Waals surface area contributed by atoms with Crippen LogP contribution in [0.1, 0.15) is 21.5 Å². The van der Waals surface area contributed by atoms with Crippen LogP contribution in [0.5, 0.6) is 11.6 Å². The third-order valence-electron chi connectivity index (χ3n) is 3.97. The molecule has 0 aliphatic heterocycles. The Kier molecular flexibility index (Phi) is 5.84. The lowest BCUT2D eigenvalue weighted by Gasteiger charge is -2.11. The summed E-state index contributed by atoms with van der Waals surface area (Å²) in [6, 6.07) is 11.4. The van der Waals surface area contributed by atoms with Crippen molar-refractivity contribution in [2.45, 2.75) is 6.54 Å². The summed E-state index contributed by atoms with van der Waals surface area (Å²) < 4.78 is 14.3. The Balaban J connectivity index is 1.85. The van der Waals surface area contributed by atoms with Gasteiger partial charge in [0.1, 0.15) is 17.1 Å². The van der Waals surface area contributed by atoms with Crippen molar-refractivity contribution < 1.29 is 19.4 Å². The van der Waals surface area contributed by atoms with Crippen LogP contribution in [-0.4, -0.2) is 31.9 Å². The van der Waals surface area contributed by atoms with E-state index < -0.39 is 23.2 Å². The van der Waals surface area contributed by atoms with Crippen molar-refractivity contribution in [3.05, 3.63) is 86.2 Å². The van der Waals surface area contributed by atoms with E-state index in [4.69, 9.17) is 12.2 Å². The molecule has 3 rings (SSSR count). The maximum atomic E-state index is 13.1. The van der Waals surface area contributed by atoms with Gasteiger partial charge in [0.05, 0.1) is 18.3 Å². The second-order valence-electron chi connectivity index (χ2n) is 5.93. The van der Waals surface area contributed by atoms with E-state index in [1.54, 1.807) is 12.1 Å². The Morgan fingerprint density at radius 3 is 2.59 bits per heavy atom. The quantitative estimate of drug-likeness (QED) is 0.290. The van der Waals surface area contributed by atoms with Crippen molar-refractivity contribution >= 4 is 24.3 Å². The largest absolute Gasteiger partial charge is 0.507 e. The predicted molar refractivity (Wildman–Crippen MR) is 106 cm³/mol. The Morgan fingerprint density at radius 2 is 1.90 bits per heavy atom. The van der Waals surface area contributed by atoms with Gasteiger partial charge in [0, 0.05) is 0 Å². The monoisotopic (exact) mass is 414 g/mol. The molecule has 1 amide bonds. The third kappa shape index (κ3) is 4.55. The number of aromatic hydroxyl groups is 2. The van der Waals surface area contributed by atoms with Crippen LogP contribution in [-0.2, 0) is 6.54 Å². The molecule has 0 atom stereocenters. The second kappa shape index (κ2) is 8.48. The minimum atomic E-state index is -0.705. The third-order valence-corrected chi connectivity index (χ3v) is 4.29. The van der Waals surface area contributed by atoms with Crippen LogP contribution in [0.25, 0.3) is 0 Å². The first-order chi connectivity index (χ1) is 13.9. The van der Waals surface area contributed by atoms with E-state index in [2.05, 4.69) is 15.5 Å². The number of carbonyl (C=O) groups is 1. The fraction of sp³-hybridized carbons (Fsp3) is 0.0526. The molecule has 0 aliphatic rings. The number of hydrazone groups is 1. The number of carbonyl (C=O) groups excluding carboxylic acids is 1. The summed E-state index contributed by atoms with van der Waals surface area (Å²) in [5.74, 6) is -1.80. The lowest BCUT2D eigenvalue weighted by Crippen LogP contribution is -2.21. The van der Waals surface area contributed by atoms with E-state index in [0.717, 1.165) is 6.21 Å². The summed E-state index contributed by atoms with van der Waals surface area (Å²) >= 11 is 5.08. The first-order valence-corrected chi connectivity index (χ1v) is 8.69. The van der Waals surface area contributed by atoms with E-state index in [9.17, 15) is 24.2 Å². The highest BCUT2D eigenvalue weighted by atomic mass is 32.1. The maximum absolute atomic E-state index is 13.1. The topological polar surface area (TPSA) is 120 Å². The number of nitrogens with zero attached hydrogens (tertiary/aromatic N) is 2. The minimum Gasteiger partial charge on any atom is -0.507 e. The van der Waals surface area contributed by atoms with E-state index in [0.29, 0.717) is 5.56 Å². The number of phenolic OH excluding ortho intramolecular Hbond substituents is 1. The number of amides is 1. The highest BCUT2D eigenvalue weighted by Gasteiger charge is 2.13. The van der Waals surface area contributed by atoms with Crippen LogP contribution in [0.3, 0.4) is 0 Å². The number of hydrogen-bond acceptors (Lipinski definition) is 6. The van der Waals surface area contributed by atoms with Crippen molar-refractivity contribution in [2.75, 3.05) is 0 Å². The average molecular weight is 414 g/mol. The van der Waals surface area contributed by atoms with E-state index in [-0.39, 0.29) is 28.2 Å². The molecule has 0 unspecified atom stereocenters. The van der Waals surface area contributed by atoms with Crippen molar-refractivity contribution in [2.24, 2.45) is 5.10 Å². The first kappa shape index (κ1) is 20.0. The predicted octanol–water partition coefficient (Wildman–Crippen LogP) is 2.27. The lowest BCUT2D eigenvalue weighted by atomic mass is 10.2. The van der Waals surface area contributed by atoms with Gasteiger partial charge in [-0.15, -0.1) is 0 Å². The highest BCUT2D eigenvalue weighted by molar-refractivity contribution is 7.71. The zero-order valence-electron chi connectivity index (χ0n) is 14.8. The van der Waals surface area contributed by atoms with Crippen molar-refractivity contribution in [3.63, 3.8) is 0 Å². The van der Waals surface area contributed by atoms with Gasteiger partial charge in [-0.2, -0.15) is 5.10 Å². The van der Waals surface area contributed by atoms with E-state index >= 15 is 0 Å². The molecule has 148 valence electrons. The molecule has 0 radical (unpaired) electrons. The smallest absolute Gasteiger partial charge is 0.275 e. The first-order valence-electron chi connectivity index (χ1n) is 8.28. The van der Waals surface area contributed by atoms with Gasteiger partial charge >= 0.3 is 0 Å². The van der Waals surface area contributed by atoms with Crippen molar-refractivity contribution in [3.8, 4) is 11.6 Å². The van der Waals surface area contributed by atoms with Gasteiger partial charge < -0.3 is 10.2 Å². The van der Waals surface area contributed by atoms with Crippen LogP contribution in [0.15, 0.2) is 58.4 Å². The number of benzene rings is 2. The number of nitrogens with one attached hydrogen (secondary N) is 2. The van der Waals surface area contributed by atoms with E-state index in [1.807, 2.05) is 0 Å². The number of phenols is 1. The Morgan fingerprint density at radius 1 is 1.21 bits per heavy atom. The number of halogens is 1. The molecule has 10 heteroatoms. The normalized spacial score (nSPS) is 10.9. The molecule has 0 fully saturated rings. The zero-order chi connectivity index (χ0) is 21.0. The van der Waals surface area contributed by atoms with Crippen molar-refractivity contribution in [1.29, 1.82) is 0 Å². The van der Waals surface area contributed by atoms with Gasteiger partial charge in [-0.1, -0.05) is 24.3 Å². The molecule has 4 N–H and O–H groups in total. The lowest BCUT2D eigenvalue weighted by molar-refractivity contribution is 0.0952. The number of rotatable bonds is 5. The van der Waals surface area contributed by atoms with Gasteiger partial charge in [-0.25, -0.2) is 9.82 Å². The molecule has 0 aliphatic carbocycles. The number of aromatic nitrogens is 2. The summed E-state index contributed by atoms with van der Waals surface area (Å²) in [5, 5.41) is 23.8. The molecule has 2 aromatic carbocycles. The summed E-state index contributed by atoms with van der Waals surface area (Å²) in [6.45, 7) is 0.0762. The van der Waals surface area contributed by atoms with Crippen LogP contribution in [0.2, 0.25) is 0 Å². The number of aromatic amines is 1. The summed E-state index contributed by atoms with van der Waals surface area (Å²) in [6.07, 6.45) is 0.960. The molecule has 0 bridgehead atoms. The molecule has 0 saturated heterocycles. The average Bonchev–Trinajstić information content (AvgIpc) is 2.69. The Hall–Kier alpha value is -3.79. The molecular weight excluding hydrogens is 399 g/mol. The van der Waals surface area contributed by atoms with E-state index in [1.165, 1.54) is 41.0 Å². The molecular formula is C19H15FN4O4S. The standard InChI is InChI=1S/C19H15FN4O4S/c20-12-7-5-11(6-8-12)10-24-18(28)14(16(26)22-19(24)29)9-21-23-17(27)13-3-1-2-4-15(13)25/h1-9,25,28H,10H2,(H,23,27)(H,22,26,29)/b21-9+.